The van der Waals surface area contributed by atoms with E-state index in [0.29, 0.717) is 24.4 Å². The molecule has 1 saturated heterocycles. The maximum absolute atomic E-state index is 13.4. The Morgan fingerprint density at radius 2 is 1.74 bits per heavy atom. The Balaban J connectivity index is 1.55. The van der Waals surface area contributed by atoms with Gasteiger partial charge in [-0.25, -0.2) is 0 Å². The number of carbonyl (C=O) groups excluding carboxylic acids is 2. The van der Waals surface area contributed by atoms with Crippen molar-refractivity contribution in [2.75, 3.05) is 13.7 Å². The maximum atomic E-state index is 13.4. The molecule has 0 unspecified atom stereocenters. The number of rotatable bonds is 7. The van der Waals surface area contributed by atoms with Crippen LogP contribution in [-0.2, 0) is 16.0 Å². The van der Waals surface area contributed by atoms with Gasteiger partial charge in [-0.15, -0.1) is 0 Å². The van der Waals surface area contributed by atoms with Crippen molar-refractivity contribution in [2.45, 2.75) is 39.2 Å². The molecule has 6 heteroatoms. The first kappa shape index (κ1) is 25.3. The zero-order valence-corrected chi connectivity index (χ0v) is 22.1. The van der Waals surface area contributed by atoms with Gasteiger partial charge in [0.05, 0.1) is 18.7 Å². The van der Waals surface area contributed by atoms with Crippen LogP contribution in [0.5, 0.6) is 5.75 Å². The Morgan fingerprint density at radius 1 is 1.03 bits per heavy atom. The third-order valence-electron chi connectivity index (χ3n) is 7.38. The van der Waals surface area contributed by atoms with Gasteiger partial charge in [-0.3, -0.25) is 9.59 Å². The van der Waals surface area contributed by atoms with Gasteiger partial charge in [-0.05, 0) is 54.2 Å². The molecule has 5 rings (SSSR count). The van der Waals surface area contributed by atoms with E-state index in [1.807, 2.05) is 67.7 Å². The number of Topliss-reactive ketones (excluding diaryl/α,β-unsaturated/α-hetero) is 1. The summed E-state index contributed by atoms with van der Waals surface area (Å²) in [5.74, 6) is -0.319. The van der Waals surface area contributed by atoms with E-state index < -0.39 is 17.7 Å². The number of aryl methyl sites for hydroxylation is 1. The van der Waals surface area contributed by atoms with E-state index >= 15 is 0 Å². The topological polar surface area (TPSA) is 82.6 Å². The minimum absolute atomic E-state index is 0.122. The molecule has 0 bridgehead atoms. The second-order valence-electron chi connectivity index (χ2n) is 10.2. The van der Waals surface area contributed by atoms with E-state index in [9.17, 15) is 14.7 Å². The molecular formula is C32H32N2O4. The van der Waals surface area contributed by atoms with Gasteiger partial charge in [-0.2, -0.15) is 0 Å². The first-order chi connectivity index (χ1) is 18.3. The van der Waals surface area contributed by atoms with E-state index in [4.69, 9.17) is 4.74 Å². The fourth-order valence-corrected chi connectivity index (χ4v) is 5.12. The summed E-state index contributed by atoms with van der Waals surface area (Å²) >= 11 is 0. The van der Waals surface area contributed by atoms with Crippen molar-refractivity contribution in [3.05, 3.63) is 106 Å². The van der Waals surface area contributed by atoms with Gasteiger partial charge in [-0.1, -0.05) is 67.9 Å². The molecule has 38 heavy (non-hydrogen) atoms. The molecule has 0 aliphatic carbocycles. The number of ether oxygens (including phenoxy) is 1. The Labute approximate surface area is 222 Å². The SMILES string of the molecule is COc1ccc2[nH]cc(CCN3C(=O)C(=O)C(=C(O)c4ccc(C)cc4)[C@H]3c3ccc(C(C)C)cc3)c2c1. The lowest BCUT2D eigenvalue weighted by atomic mass is 9.93. The zero-order valence-electron chi connectivity index (χ0n) is 22.1. The minimum Gasteiger partial charge on any atom is -0.507 e. The molecule has 0 radical (unpaired) electrons. The standard InChI is InChI=1S/C32H32N2O4/c1-19(2)21-9-11-22(12-10-21)29-28(30(35)23-7-5-20(3)6-8-23)31(36)32(37)34(29)16-15-24-18-33-27-14-13-25(38-4)17-26(24)27/h5-14,17-19,29,33,35H,15-16H2,1-4H3/t29-/m1/s1. The summed E-state index contributed by atoms with van der Waals surface area (Å²) in [6.45, 7) is 6.51. The summed E-state index contributed by atoms with van der Waals surface area (Å²) in [7, 11) is 1.63. The molecule has 1 aliphatic heterocycles. The highest BCUT2D eigenvalue weighted by Crippen LogP contribution is 2.40. The Kier molecular flexibility index (Phi) is 6.81. The molecule has 2 N–H and O–H groups in total. The number of fused-ring (bicyclic) bond motifs is 1. The molecule has 4 aromatic rings. The van der Waals surface area contributed by atoms with Crippen LogP contribution < -0.4 is 4.74 Å². The van der Waals surface area contributed by atoms with Crippen LogP contribution in [0.15, 0.2) is 78.5 Å². The van der Waals surface area contributed by atoms with Crippen LogP contribution in [0.4, 0.5) is 0 Å². The van der Waals surface area contributed by atoms with Crippen LogP contribution in [0.2, 0.25) is 0 Å². The molecule has 1 aromatic heterocycles. The van der Waals surface area contributed by atoms with Crippen molar-refractivity contribution in [2.24, 2.45) is 0 Å². The van der Waals surface area contributed by atoms with E-state index in [0.717, 1.165) is 38.9 Å². The predicted octanol–water partition coefficient (Wildman–Crippen LogP) is 6.27. The van der Waals surface area contributed by atoms with E-state index in [1.165, 1.54) is 0 Å². The molecule has 1 aliphatic rings. The highest BCUT2D eigenvalue weighted by Gasteiger charge is 2.45. The number of ketones is 1. The van der Waals surface area contributed by atoms with Crippen molar-refractivity contribution in [1.29, 1.82) is 0 Å². The predicted molar refractivity (Wildman–Crippen MR) is 149 cm³/mol. The smallest absolute Gasteiger partial charge is 0.295 e. The summed E-state index contributed by atoms with van der Waals surface area (Å²) in [5, 5.41) is 12.3. The van der Waals surface area contributed by atoms with Crippen LogP contribution in [0, 0.1) is 6.92 Å². The molecular weight excluding hydrogens is 476 g/mol. The second kappa shape index (κ2) is 10.2. The van der Waals surface area contributed by atoms with Crippen molar-refractivity contribution < 1.29 is 19.4 Å². The number of amides is 1. The van der Waals surface area contributed by atoms with Gasteiger partial charge in [0, 0.05) is 29.2 Å². The molecule has 0 saturated carbocycles. The highest BCUT2D eigenvalue weighted by atomic mass is 16.5. The number of methoxy groups -OCH3 is 1. The van der Waals surface area contributed by atoms with Crippen LogP contribution >= 0.6 is 0 Å². The number of aliphatic hydroxyl groups is 1. The van der Waals surface area contributed by atoms with Gasteiger partial charge in [0.2, 0.25) is 0 Å². The average molecular weight is 509 g/mol. The maximum Gasteiger partial charge on any atom is 0.295 e. The molecule has 1 amide bonds. The number of carbonyl (C=O) groups is 2. The van der Waals surface area contributed by atoms with E-state index in [-0.39, 0.29) is 11.3 Å². The lowest BCUT2D eigenvalue weighted by Gasteiger charge is -2.25. The largest absolute Gasteiger partial charge is 0.507 e. The Morgan fingerprint density at radius 3 is 2.39 bits per heavy atom. The van der Waals surface area contributed by atoms with Crippen molar-refractivity contribution in [1.82, 2.24) is 9.88 Å². The zero-order chi connectivity index (χ0) is 27.0. The lowest BCUT2D eigenvalue weighted by Crippen LogP contribution is -2.31. The normalized spacial score (nSPS) is 17.1. The summed E-state index contributed by atoms with van der Waals surface area (Å²) in [5.41, 5.74) is 5.63. The number of likely N-dealkylation sites (tertiary alicyclic amines) is 1. The number of hydrogen-bond donors (Lipinski definition) is 2. The fraction of sp³-hybridized carbons (Fsp3) is 0.250. The van der Waals surface area contributed by atoms with E-state index in [1.54, 1.807) is 24.1 Å². The average Bonchev–Trinajstić information content (AvgIpc) is 3.44. The number of benzene rings is 3. The summed E-state index contributed by atoms with van der Waals surface area (Å²) in [6.07, 6.45) is 2.46. The van der Waals surface area contributed by atoms with Crippen LogP contribution in [0.1, 0.15) is 53.6 Å². The second-order valence-corrected chi connectivity index (χ2v) is 10.2. The molecule has 0 spiro atoms. The first-order valence-electron chi connectivity index (χ1n) is 12.9. The van der Waals surface area contributed by atoms with Gasteiger partial charge in [0.1, 0.15) is 11.5 Å². The van der Waals surface area contributed by atoms with Crippen LogP contribution in [0.3, 0.4) is 0 Å². The Hall–Kier alpha value is -4.32. The third kappa shape index (κ3) is 4.58. The van der Waals surface area contributed by atoms with Crippen LogP contribution in [-0.4, -0.2) is 40.3 Å². The number of hydrogen-bond acceptors (Lipinski definition) is 4. The summed E-state index contributed by atoms with van der Waals surface area (Å²) < 4.78 is 5.39. The number of aliphatic hydroxyl groups excluding tert-OH is 1. The highest BCUT2D eigenvalue weighted by molar-refractivity contribution is 6.46. The molecule has 3 aromatic carbocycles. The monoisotopic (exact) mass is 508 g/mol. The van der Waals surface area contributed by atoms with Gasteiger partial charge in [0.25, 0.3) is 11.7 Å². The minimum atomic E-state index is -0.683. The molecule has 6 nitrogen and oxygen atoms in total. The van der Waals surface area contributed by atoms with E-state index in [2.05, 4.69) is 18.8 Å². The summed E-state index contributed by atoms with van der Waals surface area (Å²) in [6, 6.07) is 20.4. The summed E-state index contributed by atoms with van der Waals surface area (Å²) in [4.78, 5) is 31.6. The van der Waals surface area contributed by atoms with Gasteiger partial charge >= 0.3 is 0 Å². The third-order valence-corrected chi connectivity index (χ3v) is 7.38. The van der Waals surface area contributed by atoms with Gasteiger partial charge in [0.15, 0.2) is 0 Å². The fourth-order valence-electron chi connectivity index (χ4n) is 5.12. The number of nitrogens with zero attached hydrogens (tertiary/aromatic N) is 1. The first-order valence-corrected chi connectivity index (χ1v) is 12.9. The number of aromatic amines is 1. The molecule has 2 heterocycles. The van der Waals surface area contributed by atoms with Crippen LogP contribution in [0.25, 0.3) is 16.7 Å². The number of H-pyrrole nitrogens is 1. The Bertz CT molecular complexity index is 1530. The number of nitrogens with one attached hydrogen (secondary N) is 1. The quantitative estimate of drug-likeness (QED) is 0.175. The van der Waals surface area contributed by atoms with Crippen molar-refractivity contribution in [3.8, 4) is 5.75 Å². The molecule has 1 fully saturated rings. The van der Waals surface area contributed by atoms with Crippen molar-refractivity contribution >= 4 is 28.4 Å². The molecule has 1 atom stereocenters. The lowest BCUT2D eigenvalue weighted by molar-refractivity contribution is -0.139. The van der Waals surface area contributed by atoms with Crippen molar-refractivity contribution in [3.63, 3.8) is 0 Å². The molecule has 194 valence electrons. The number of aromatic nitrogens is 1. The van der Waals surface area contributed by atoms with Gasteiger partial charge < -0.3 is 19.7 Å².